The number of hydrogen-bond acceptors (Lipinski definition) is 5. The van der Waals surface area contributed by atoms with Crippen molar-refractivity contribution in [3.05, 3.63) is 29.6 Å². The Bertz CT molecular complexity index is 334. The zero-order valence-corrected chi connectivity index (χ0v) is 9.45. The first-order valence-electron chi connectivity index (χ1n) is 3.81. The fourth-order valence-electron chi connectivity index (χ4n) is 0.892. The SMILES string of the molecule is CSC(=O)c1ccnc(C(=O)SC)c1. The number of nitrogens with zero attached hydrogens (tertiary/aromatic N) is 1. The fraction of sp³-hybridized carbons (Fsp3) is 0.222. The summed E-state index contributed by atoms with van der Waals surface area (Å²) in [5, 5.41) is -0.177. The molecule has 0 amide bonds. The third-order valence-corrected chi connectivity index (χ3v) is 2.76. The molecule has 0 aliphatic heterocycles. The van der Waals surface area contributed by atoms with E-state index in [0.29, 0.717) is 11.3 Å². The van der Waals surface area contributed by atoms with Gasteiger partial charge in [-0.2, -0.15) is 0 Å². The summed E-state index contributed by atoms with van der Waals surface area (Å²) in [5.41, 5.74) is 0.849. The highest BCUT2D eigenvalue weighted by molar-refractivity contribution is 8.13. The largest absolute Gasteiger partial charge is 0.282 e. The Labute approximate surface area is 90.7 Å². The summed E-state index contributed by atoms with van der Waals surface area (Å²) < 4.78 is 0. The Balaban J connectivity index is 3.01. The minimum atomic E-state index is -0.124. The number of rotatable bonds is 2. The monoisotopic (exact) mass is 227 g/mol. The molecule has 74 valence electrons. The number of thioether (sulfide) groups is 2. The summed E-state index contributed by atoms with van der Waals surface area (Å²) in [7, 11) is 0. The molecular formula is C9H9NO2S2. The van der Waals surface area contributed by atoms with E-state index in [4.69, 9.17) is 0 Å². The van der Waals surface area contributed by atoms with Crippen molar-refractivity contribution < 1.29 is 9.59 Å². The molecule has 0 spiro atoms. The van der Waals surface area contributed by atoms with Gasteiger partial charge in [-0.15, -0.1) is 0 Å². The third kappa shape index (κ3) is 2.59. The van der Waals surface area contributed by atoms with Crippen molar-refractivity contribution in [1.29, 1.82) is 0 Å². The molecule has 0 aliphatic carbocycles. The van der Waals surface area contributed by atoms with Crippen LogP contribution in [0.2, 0.25) is 0 Å². The van der Waals surface area contributed by atoms with E-state index in [-0.39, 0.29) is 10.2 Å². The van der Waals surface area contributed by atoms with Gasteiger partial charge in [-0.05, 0) is 24.6 Å². The van der Waals surface area contributed by atoms with Gasteiger partial charge >= 0.3 is 0 Å². The molecule has 14 heavy (non-hydrogen) atoms. The quantitative estimate of drug-likeness (QED) is 0.774. The molecule has 1 aromatic heterocycles. The van der Waals surface area contributed by atoms with Gasteiger partial charge in [0, 0.05) is 11.8 Å². The molecule has 0 bridgehead atoms. The van der Waals surface area contributed by atoms with Crippen molar-refractivity contribution in [2.45, 2.75) is 0 Å². The lowest BCUT2D eigenvalue weighted by molar-refractivity contribution is 0.108. The highest BCUT2D eigenvalue weighted by Gasteiger charge is 2.09. The van der Waals surface area contributed by atoms with Crippen LogP contribution in [-0.2, 0) is 0 Å². The molecule has 0 fully saturated rings. The molecule has 5 heteroatoms. The Kier molecular flexibility index (Phi) is 4.16. The van der Waals surface area contributed by atoms with Gasteiger partial charge in [-0.3, -0.25) is 14.6 Å². The van der Waals surface area contributed by atoms with Crippen molar-refractivity contribution in [2.75, 3.05) is 12.5 Å². The number of aromatic nitrogens is 1. The van der Waals surface area contributed by atoms with Crippen LogP contribution in [0.15, 0.2) is 18.3 Å². The summed E-state index contributed by atoms with van der Waals surface area (Å²) in [4.78, 5) is 26.4. The molecule has 0 aromatic carbocycles. The topological polar surface area (TPSA) is 47.0 Å². The summed E-state index contributed by atoms with van der Waals surface area (Å²) in [6.45, 7) is 0. The van der Waals surface area contributed by atoms with E-state index in [1.165, 1.54) is 12.3 Å². The number of pyridine rings is 1. The average molecular weight is 227 g/mol. The average Bonchev–Trinajstić information content (AvgIpc) is 2.27. The van der Waals surface area contributed by atoms with Gasteiger partial charge in [0.2, 0.25) is 10.2 Å². The molecular weight excluding hydrogens is 218 g/mol. The second-order valence-electron chi connectivity index (χ2n) is 2.41. The first-order valence-corrected chi connectivity index (χ1v) is 6.26. The van der Waals surface area contributed by atoms with Crippen LogP contribution >= 0.6 is 23.5 Å². The Hall–Kier alpha value is -0.810. The van der Waals surface area contributed by atoms with Gasteiger partial charge in [0.15, 0.2) is 0 Å². The predicted molar refractivity (Wildman–Crippen MR) is 59.9 cm³/mol. The standard InChI is InChI=1S/C9H9NO2S2/c1-13-8(11)6-3-4-10-7(5-6)9(12)14-2/h3-5H,1-2H3. The molecule has 0 radical (unpaired) electrons. The second-order valence-corrected chi connectivity index (χ2v) is 3.97. The maximum atomic E-state index is 11.3. The predicted octanol–water partition coefficient (Wildman–Crippen LogP) is 2.09. The van der Waals surface area contributed by atoms with Crippen LogP contribution in [0.5, 0.6) is 0 Å². The third-order valence-electron chi connectivity index (χ3n) is 1.58. The first-order chi connectivity index (χ1) is 6.69. The minimum Gasteiger partial charge on any atom is -0.282 e. The Morgan fingerprint density at radius 1 is 1.21 bits per heavy atom. The summed E-state index contributed by atoms with van der Waals surface area (Å²) >= 11 is 2.21. The van der Waals surface area contributed by atoms with Crippen molar-refractivity contribution in [3.63, 3.8) is 0 Å². The lowest BCUT2D eigenvalue weighted by Gasteiger charge is -1.99. The van der Waals surface area contributed by atoms with Crippen LogP contribution in [0, 0.1) is 0 Å². The molecule has 0 saturated heterocycles. The molecule has 1 heterocycles. The molecule has 3 nitrogen and oxygen atoms in total. The molecule has 0 N–H and O–H groups in total. The zero-order chi connectivity index (χ0) is 10.6. The van der Waals surface area contributed by atoms with Gasteiger partial charge in [-0.25, -0.2) is 0 Å². The van der Waals surface area contributed by atoms with Gasteiger partial charge in [0.1, 0.15) is 5.69 Å². The van der Waals surface area contributed by atoms with E-state index in [1.54, 1.807) is 18.6 Å². The van der Waals surface area contributed by atoms with Gasteiger partial charge in [0.05, 0.1) is 0 Å². The van der Waals surface area contributed by atoms with E-state index in [0.717, 1.165) is 23.5 Å². The minimum absolute atomic E-state index is 0.0532. The maximum Gasteiger partial charge on any atom is 0.237 e. The summed E-state index contributed by atoms with van der Waals surface area (Å²) in [6, 6.07) is 3.13. The fourth-order valence-corrected chi connectivity index (χ4v) is 1.57. The molecule has 0 unspecified atom stereocenters. The molecule has 0 saturated carbocycles. The smallest absolute Gasteiger partial charge is 0.237 e. The molecule has 0 atom stereocenters. The number of hydrogen-bond donors (Lipinski definition) is 0. The summed E-state index contributed by atoms with van der Waals surface area (Å²) in [6.07, 6.45) is 4.87. The second kappa shape index (κ2) is 5.17. The lowest BCUT2D eigenvalue weighted by Crippen LogP contribution is -2.00. The van der Waals surface area contributed by atoms with E-state index >= 15 is 0 Å². The van der Waals surface area contributed by atoms with E-state index in [9.17, 15) is 9.59 Å². The number of carbonyl (C=O) groups is 2. The van der Waals surface area contributed by atoms with Crippen LogP contribution in [0.4, 0.5) is 0 Å². The van der Waals surface area contributed by atoms with Crippen LogP contribution in [-0.4, -0.2) is 27.7 Å². The van der Waals surface area contributed by atoms with Crippen LogP contribution in [0.25, 0.3) is 0 Å². The van der Waals surface area contributed by atoms with E-state index < -0.39 is 0 Å². The van der Waals surface area contributed by atoms with Crippen molar-refractivity contribution in [1.82, 2.24) is 4.98 Å². The van der Waals surface area contributed by atoms with Gasteiger partial charge in [-0.1, -0.05) is 23.5 Å². The van der Waals surface area contributed by atoms with Crippen LogP contribution in [0.1, 0.15) is 20.8 Å². The van der Waals surface area contributed by atoms with E-state index in [1.807, 2.05) is 0 Å². The van der Waals surface area contributed by atoms with Crippen LogP contribution < -0.4 is 0 Å². The van der Waals surface area contributed by atoms with Gasteiger partial charge < -0.3 is 0 Å². The number of carbonyl (C=O) groups excluding carboxylic acids is 2. The first kappa shape index (κ1) is 11.3. The highest BCUT2D eigenvalue weighted by Crippen LogP contribution is 2.12. The van der Waals surface area contributed by atoms with Crippen molar-refractivity contribution in [2.24, 2.45) is 0 Å². The molecule has 0 aliphatic rings. The van der Waals surface area contributed by atoms with Crippen molar-refractivity contribution >= 4 is 33.8 Å². The highest BCUT2D eigenvalue weighted by atomic mass is 32.2. The maximum absolute atomic E-state index is 11.3. The lowest BCUT2D eigenvalue weighted by atomic mass is 10.2. The summed E-state index contributed by atoms with van der Waals surface area (Å²) in [5.74, 6) is 0. The molecule has 1 aromatic rings. The van der Waals surface area contributed by atoms with Gasteiger partial charge in [0.25, 0.3) is 0 Å². The van der Waals surface area contributed by atoms with E-state index in [2.05, 4.69) is 4.98 Å². The normalized spacial score (nSPS) is 9.86. The van der Waals surface area contributed by atoms with Crippen molar-refractivity contribution in [3.8, 4) is 0 Å². The Morgan fingerprint density at radius 2 is 1.86 bits per heavy atom. The molecule has 1 rings (SSSR count). The Morgan fingerprint density at radius 3 is 2.43 bits per heavy atom. The van der Waals surface area contributed by atoms with Crippen LogP contribution in [0.3, 0.4) is 0 Å². The zero-order valence-electron chi connectivity index (χ0n) is 7.81.